The normalized spacial score (nSPS) is 21.3. The van der Waals surface area contributed by atoms with E-state index in [2.05, 4.69) is 32.5 Å². The van der Waals surface area contributed by atoms with Crippen LogP contribution >= 0.6 is 0 Å². The topological polar surface area (TPSA) is 187 Å². The molecule has 2 atom stereocenters. The van der Waals surface area contributed by atoms with E-state index >= 15 is 0 Å². The van der Waals surface area contributed by atoms with Gasteiger partial charge in [-0.1, -0.05) is 31.2 Å². The van der Waals surface area contributed by atoms with E-state index in [9.17, 15) is 19.5 Å². The van der Waals surface area contributed by atoms with Crippen LogP contribution in [-0.4, -0.2) is 89.5 Å². The number of fused-ring (bicyclic) bond motifs is 3. The summed E-state index contributed by atoms with van der Waals surface area (Å²) in [4.78, 5) is 44.5. The maximum atomic E-state index is 13.2. The zero-order chi connectivity index (χ0) is 38.8. The van der Waals surface area contributed by atoms with Crippen LogP contribution in [0.5, 0.6) is 0 Å². The summed E-state index contributed by atoms with van der Waals surface area (Å²) in [6, 6.07) is 13.1. The van der Waals surface area contributed by atoms with Gasteiger partial charge < -0.3 is 42.3 Å². The molecule has 2 radical (unpaired) electrons. The lowest BCUT2D eigenvalue weighted by Gasteiger charge is -2.49. The third-order valence-corrected chi connectivity index (χ3v) is 11.6. The van der Waals surface area contributed by atoms with E-state index in [0.29, 0.717) is 29.9 Å². The number of anilines is 2. The van der Waals surface area contributed by atoms with E-state index in [1.54, 1.807) is 34.1 Å². The first-order valence-corrected chi connectivity index (χ1v) is 19.3. The van der Waals surface area contributed by atoms with E-state index in [0.717, 1.165) is 67.5 Å². The summed E-state index contributed by atoms with van der Waals surface area (Å²) in [5.41, 5.74) is 16.8. The second kappa shape index (κ2) is 14.1. The van der Waals surface area contributed by atoms with Crippen molar-refractivity contribution in [3.05, 3.63) is 88.8 Å². The van der Waals surface area contributed by atoms with Crippen LogP contribution in [0.1, 0.15) is 85.6 Å². The number of likely N-dealkylation sites (tertiary alicyclic amines) is 1. The fraction of sp³-hybridized carbons (Fsp3) is 0.450. The highest BCUT2D eigenvalue weighted by atomic mass is 16.3. The van der Waals surface area contributed by atoms with Gasteiger partial charge >= 0.3 is 0 Å². The Morgan fingerprint density at radius 2 is 1.78 bits per heavy atom. The number of para-hydroxylation sites is 1. The van der Waals surface area contributed by atoms with Crippen LogP contribution in [0, 0.1) is 5.92 Å². The monoisotopic (exact) mass is 744 g/mol. The van der Waals surface area contributed by atoms with Gasteiger partial charge in [-0.3, -0.25) is 24.0 Å². The number of hydrogen-bond donors (Lipinski definition) is 6. The lowest BCUT2D eigenvalue weighted by Crippen LogP contribution is -2.59. The molecule has 14 nitrogen and oxygen atoms in total. The predicted octanol–water partition coefficient (Wildman–Crippen LogP) is 2.70. The molecule has 286 valence electrons. The molecule has 2 aliphatic heterocycles. The second-order valence-electron chi connectivity index (χ2n) is 15.7. The van der Waals surface area contributed by atoms with Crippen molar-refractivity contribution in [2.45, 2.75) is 81.7 Å². The van der Waals surface area contributed by atoms with Crippen molar-refractivity contribution in [2.75, 3.05) is 37.4 Å². The minimum Gasteiger partial charge on any atom is -0.393 e. The van der Waals surface area contributed by atoms with Crippen LogP contribution in [0.25, 0.3) is 11.1 Å². The van der Waals surface area contributed by atoms with Gasteiger partial charge in [0.25, 0.3) is 11.8 Å². The molecule has 3 saturated carbocycles. The van der Waals surface area contributed by atoms with Gasteiger partial charge in [-0.2, -0.15) is 5.10 Å². The van der Waals surface area contributed by atoms with E-state index in [-0.39, 0.29) is 59.1 Å². The SMILES string of the molecule is [B]C(O)(c1cccc(C(=O)N(C)C2CC2)c1)N1CC(n2ncc3c2C(CC)N(C)c2c(NC(/C=C(\N)NC(=O)C4CC4)=C(/N)C(=O)NC4CC4)cccc2-3)C1. The average Bonchev–Trinajstić information content (AvgIpc) is 4.01. The molecule has 3 heterocycles. The molecular weight excluding hydrogens is 695 g/mol. The van der Waals surface area contributed by atoms with Crippen molar-refractivity contribution in [3.63, 3.8) is 0 Å². The molecule has 0 bridgehead atoms. The maximum Gasteiger partial charge on any atom is 0.269 e. The molecule has 3 aliphatic carbocycles. The highest BCUT2D eigenvalue weighted by Crippen LogP contribution is 2.50. The largest absolute Gasteiger partial charge is 0.393 e. The number of aliphatic hydroxyl groups is 1. The number of nitrogens with one attached hydrogen (secondary N) is 3. The van der Waals surface area contributed by atoms with Gasteiger partial charge in [0.15, 0.2) is 0 Å². The summed E-state index contributed by atoms with van der Waals surface area (Å²) >= 11 is 0. The summed E-state index contributed by atoms with van der Waals surface area (Å²) < 4.78 is 2.05. The Balaban J connectivity index is 1.05. The second-order valence-corrected chi connectivity index (χ2v) is 15.7. The number of rotatable bonds is 13. The number of benzene rings is 2. The summed E-state index contributed by atoms with van der Waals surface area (Å²) in [7, 11) is 10.4. The molecule has 2 unspecified atom stereocenters. The van der Waals surface area contributed by atoms with E-state index in [1.165, 1.54) is 6.08 Å². The first kappa shape index (κ1) is 36.7. The molecule has 15 heteroatoms. The van der Waals surface area contributed by atoms with Gasteiger partial charge in [0, 0.05) is 68.0 Å². The Labute approximate surface area is 322 Å². The molecule has 3 amide bonds. The van der Waals surface area contributed by atoms with Crippen molar-refractivity contribution in [1.82, 2.24) is 30.2 Å². The van der Waals surface area contributed by atoms with Crippen molar-refractivity contribution < 1.29 is 19.5 Å². The zero-order valence-electron chi connectivity index (χ0n) is 31.6. The molecule has 8 rings (SSSR count). The molecular formula is C40H49BN10O4. The molecule has 3 aromatic rings. The number of amides is 3. The molecule has 4 fully saturated rings. The number of carbonyl (C=O) groups excluding carboxylic acids is 3. The Bertz CT molecular complexity index is 2090. The Morgan fingerprint density at radius 1 is 1.05 bits per heavy atom. The van der Waals surface area contributed by atoms with Crippen LogP contribution in [0.3, 0.4) is 0 Å². The lowest BCUT2D eigenvalue weighted by molar-refractivity contribution is -0.121. The van der Waals surface area contributed by atoms with Crippen molar-refractivity contribution >= 4 is 36.9 Å². The van der Waals surface area contributed by atoms with Crippen LogP contribution in [-0.2, 0) is 15.2 Å². The minimum absolute atomic E-state index is 0.0366. The zero-order valence-corrected chi connectivity index (χ0v) is 31.6. The third-order valence-electron chi connectivity index (χ3n) is 11.6. The fourth-order valence-corrected chi connectivity index (χ4v) is 7.75. The number of nitrogens with two attached hydrogens (primary N) is 2. The van der Waals surface area contributed by atoms with Gasteiger partial charge in [-0.25, -0.2) is 0 Å². The number of nitrogens with zero attached hydrogens (tertiary/aromatic N) is 5. The summed E-state index contributed by atoms with van der Waals surface area (Å²) in [5, 5.41) is 25.6. The molecule has 55 heavy (non-hydrogen) atoms. The smallest absolute Gasteiger partial charge is 0.269 e. The van der Waals surface area contributed by atoms with Gasteiger partial charge in [0.05, 0.1) is 46.7 Å². The van der Waals surface area contributed by atoms with Crippen molar-refractivity contribution in [3.8, 4) is 11.1 Å². The van der Waals surface area contributed by atoms with Gasteiger partial charge in [0.1, 0.15) is 19.4 Å². The Morgan fingerprint density at radius 3 is 2.45 bits per heavy atom. The number of hydrogen-bond acceptors (Lipinski definition) is 10. The van der Waals surface area contributed by atoms with Crippen LogP contribution < -0.4 is 32.3 Å². The third kappa shape index (κ3) is 7.06. The summed E-state index contributed by atoms with van der Waals surface area (Å²) in [5.74, 6) is -0.583. The molecule has 8 N–H and O–H groups in total. The van der Waals surface area contributed by atoms with Crippen LogP contribution in [0.2, 0.25) is 0 Å². The highest BCUT2D eigenvalue weighted by Gasteiger charge is 2.44. The summed E-state index contributed by atoms with van der Waals surface area (Å²) in [6.45, 7) is 3.04. The lowest BCUT2D eigenvalue weighted by atomic mass is 9.79. The van der Waals surface area contributed by atoms with Crippen LogP contribution in [0.15, 0.2) is 72.0 Å². The molecule has 1 aromatic heterocycles. The quantitative estimate of drug-likeness (QED) is 0.0864. The molecule has 2 aromatic carbocycles. The number of allylic oxidation sites excluding steroid dienone is 1. The van der Waals surface area contributed by atoms with Crippen molar-refractivity contribution in [1.29, 1.82) is 0 Å². The summed E-state index contributed by atoms with van der Waals surface area (Å²) in [6.07, 6.45) is 9.65. The standard InChI is InChI=1S/C40H49BN10O4/c1-4-32-36-29(19-44-51(36)27-20-50(21-27)40(41,55)24-8-5-7-23(17-24)39(54)48(2)26-15-16-26)28-9-6-10-30(35(28)49(32)3)46-31(34(43)38(53)45-25-13-14-25)18-33(42)47-37(52)22-11-12-22/h5-10,17-19,22,25-27,32,46,55H,4,11-16,20-21,42-43H2,1-3H3,(H,45,53)(H,47,52)/b33-18+,34-31+. The first-order valence-electron chi connectivity index (χ1n) is 19.3. The Hall–Kier alpha value is -5.28. The molecule has 5 aliphatic rings. The van der Waals surface area contributed by atoms with Crippen molar-refractivity contribution in [2.24, 2.45) is 17.4 Å². The fourth-order valence-electron chi connectivity index (χ4n) is 7.75. The van der Waals surface area contributed by atoms with E-state index in [1.807, 2.05) is 38.5 Å². The highest BCUT2D eigenvalue weighted by molar-refractivity contribution is 6.14. The Kier molecular flexibility index (Phi) is 9.40. The average molecular weight is 745 g/mol. The van der Waals surface area contributed by atoms with Crippen LogP contribution in [0.4, 0.5) is 11.4 Å². The van der Waals surface area contributed by atoms with Gasteiger partial charge in [0.2, 0.25) is 5.91 Å². The van der Waals surface area contributed by atoms with E-state index < -0.39 is 11.5 Å². The van der Waals surface area contributed by atoms with E-state index in [4.69, 9.17) is 24.4 Å². The number of carbonyl (C=O) groups is 3. The first-order chi connectivity index (χ1) is 26.3. The van der Waals surface area contributed by atoms with Gasteiger partial charge in [-0.15, -0.1) is 0 Å². The molecule has 1 saturated heterocycles. The molecule has 0 spiro atoms. The number of aromatic nitrogens is 2. The minimum atomic E-state index is -1.77. The maximum absolute atomic E-state index is 13.2. The van der Waals surface area contributed by atoms with Gasteiger partial charge in [-0.05, 0) is 68.7 Å². The predicted molar refractivity (Wildman–Crippen MR) is 210 cm³/mol.